The number of carbonyl (C=O) groups excluding carboxylic acids is 1. The minimum Gasteiger partial charge on any atom is -0.386 e. The van der Waals surface area contributed by atoms with Gasteiger partial charge in [-0.25, -0.2) is 4.39 Å². The van der Waals surface area contributed by atoms with Gasteiger partial charge in [0, 0.05) is 46.5 Å². The molecule has 1 aliphatic heterocycles. The van der Waals surface area contributed by atoms with E-state index in [-0.39, 0.29) is 12.5 Å². The third-order valence-corrected chi connectivity index (χ3v) is 6.16. The van der Waals surface area contributed by atoms with Crippen molar-refractivity contribution in [3.05, 3.63) is 82.6 Å². The first kappa shape index (κ1) is 17.9. The number of fused-ring (bicyclic) bond motifs is 2. The summed E-state index contributed by atoms with van der Waals surface area (Å²) in [6, 6.07) is 10.1. The maximum atomic E-state index is 15.5. The molecule has 2 aromatic carbocycles. The van der Waals surface area contributed by atoms with Crippen LogP contribution in [-0.2, 0) is 25.7 Å². The molecule has 7 heteroatoms. The van der Waals surface area contributed by atoms with E-state index in [1.54, 1.807) is 56.1 Å². The number of aryl methyl sites for hydroxylation is 2. The number of rotatable bonds is 4. The molecule has 0 radical (unpaired) electrons. The van der Waals surface area contributed by atoms with Gasteiger partial charge in [0.2, 0.25) is 0 Å². The molecule has 0 unspecified atom stereocenters. The summed E-state index contributed by atoms with van der Waals surface area (Å²) in [4.78, 5) is 18.6. The Kier molecular flexibility index (Phi) is 4.06. The monoisotopic (exact) mass is 447 g/mol. The summed E-state index contributed by atoms with van der Waals surface area (Å²) in [6.45, 7) is 2.90. The van der Waals surface area contributed by atoms with Crippen LogP contribution in [0.25, 0.3) is 22.0 Å². The smallest absolute Gasteiger partial charge is 0.256 e. The van der Waals surface area contributed by atoms with Crippen LogP contribution in [0, 0.1) is 12.7 Å². The van der Waals surface area contributed by atoms with Crippen LogP contribution in [0.4, 0.5) is 4.39 Å². The molecule has 1 amide bonds. The van der Waals surface area contributed by atoms with Crippen LogP contribution in [0.5, 0.6) is 0 Å². The van der Waals surface area contributed by atoms with Gasteiger partial charge < -0.3 is 10.0 Å². The Labute approximate surface area is 195 Å². The Hall–Kier alpha value is -3.58. The lowest BCUT2D eigenvalue weighted by Crippen LogP contribution is -2.24. The zero-order valence-electron chi connectivity index (χ0n) is 21.6. The second-order valence-electron chi connectivity index (χ2n) is 8.97. The number of nitrogens with zero attached hydrogens (tertiary/aromatic N) is 4. The van der Waals surface area contributed by atoms with Crippen LogP contribution < -0.4 is 0 Å². The molecule has 2 aromatic heterocycles. The number of hydrogen-bond donors (Lipinski definition) is 1. The molecular formula is C26H25FN4O2. The van der Waals surface area contributed by atoms with Crippen molar-refractivity contribution >= 4 is 16.8 Å². The molecule has 1 aliphatic rings. The van der Waals surface area contributed by atoms with Crippen LogP contribution in [0.3, 0.4) is 0 Å². The van der Waals surface area contributed by atoms with Gasteiger partial charge in [0.05, 0.1) is 28.9 Å². The summed E-state index contributed by atoms with van der Waals surface area (Å²) < 4.78 is 39.6. The molecule has 5 rings (SSSR count). The average Bonchev–Trinajstić information content (AvgIpc) is 3.37. The fraction of sp³-hybridized carbons (Fsp3) is 0.269. The van der Waals surface area contributed by atoms with E-state index in [9.17, 15) is 9.90 Å². The maximum absolute atomic E-state index is 15.5. The van der Waals surface area contributed by atoms with E-state index in [0.717, 1.165) is 4.68 Å². The number of halogens is 1. The fourth-order valence-corrected chi connectivity index (χ4v) is 4.48. The summed E-state index contributed by atoms with van der Waals surface area (Å²) >= 11 is 0. The third kappa shape index (κ3) is 3.58. The molecule has 6 nitrogen and oxygen atoms in total. The van der Waals surface area contributed by atoms with Gasteiger partial charge in [0.1, 0.15) is 5.82 Å². The van der Waals surface area contributed by atoms with Crippen molar-refractivity contribution in [2.75, 3.05) is 0 Å². The summed E-state index contributed by atoms with van der Waals surface area (Å²) in [5.41, 5.74) is 2.96. The van der Waals surface area contributed by atoms with Crippen molar-refractivity contribution in [1.82, 2.24) is 19.7 Å². The molecular weight excluding hydrogens is 419 g/mol. The van der Waals surface area contributed by atoms with Crippen molar-refractivity contribution in [1.29, 1.82) is 0 Å². The number of benzene rings is 2. The number of pyridine rings is 1. The molecule has 168 valence electrons. The highest BCUT2D eigenvalue weighted by molar-refractivity contribution is 5.98. The molecule has 0 spiro atoms. The molecule has 0 fully saturated rings. The van der Waals surface area contributed by atoms with E-state index in [2.05, 4.69) is 10.1 Å². The fourth-order valence-electron chi connectivity index (χ4n) is 4.48. The Morgan fingerprint density at radius 2 is 2.06 bits per heavy atom. The largest absolute Gasteiger partial charge is 0.386 e. The molecule has 33 heavy (non-hydrogen) atoms. The van der Waals surface area contributed by atoms with Crippen LogP contribution in [0.2, 0.25) is 0 Å². The van der Waals surface area contributed by atoms with Gasteiger partial charge in [-0.3, -0.25) is 14.5 Å². The van der Waals surface area contributed by atoms with E-state index >= 15 is 4.39 Å². The van der Waals surface area contributed by atoms with Gasteiger partial charge in [0.25, 0.3) is 5.91 Å². The van der Waals surface area contributed by atoms with E-state index in [1.165, 1.54) is 12.3 Å². The Bertz CT molecular complexity index is 1500. The lowest BCUT2D eigenvalue weighted by atomic mass is 9.91. The lowest BCUT2D eigenvalue weighted by molar-refractivity contribution is 0.0763. The van der Waals surface area contributed by atoms with Gasteiger partial charge in [-0.2, -0.15) is 5.10 Å². The lowest BCUT2D eigenvalue weighted by Gasteiger charge is -2.20. The zero-order chi connectivity index (χ0) is 26.0. The van der Waals surface area contributed by atoms with Crippen LogP contribution in [-0.4, -0.2) is 30.7 Å². The summed E-state index contributed by atoms with van der Waals surface area (Å²) in [6.07, 6.45) is 3.04. The molecule has 0 atom stereocenters. The van der Waals surface area contributed by atoms with Crippen molar-refractivity contribution in [3.63, 3.8) is 0 Å². The average molecular weight is 448 g/mol. The van der Waals surface area contributed by atoms with E-state index in [4.69, 9.17) is 4.11 Å². The standard InChI is InChI=1S/C26H25FN4O2/c1-15-10-16(17-7-8-21(26(2,3)33)24-20(17)12-30(4)29-24)11-22(27)19(15)13-31-14-23-18(25(31)32)6-5-9-28-23/h5-12,33H,13-14H2,1-4H3/i4D3. The first-order chi connectivity index (χ1) is 16.8. The van der Waals surface area contributed by atoms with Gasteiger partial charge in [-0.05, 0) is 55.7 Å². The number of amides is 1. The number of hydrogen-bond acceptors (Lipinski definition) is 4. The Balaban J connectivity index is 1.56. The minimum atomic E-state index is -2.51. The summed E-state index contributed by atoms with van der Waals surface area (Å²) in [5.74, 6) is -0.647. The summed E-state index contributed by atoms with van der Waals surface area (Å²) in [5, 5.41) is 15.4. The topological polar surface area (TPSA) is 71.2 Å². The molecule has 0 bridgehead atoms. The SMILES string of the molecule is [2H]C([2H])([2H])n1cc2c(-c3cc(C)c(CN4Cc5ncccc5C4=O)c(F)c3)ccc(C(C)(C)O)c2n1. The quantitative estimate of drug-likeness (QED) is 0.501. The van der Waals surface area contributed by atoms with Crippen LogP contribution in [0.1, 0.15) is 50.7 Å². The van der Waals surface area contributed by atoms with Crippen molar-refractivity contribution in [2.45, 2.75) is 39.5 Å². The predicted molar refractivity (Wildman–Crippen MR) is 124 cm³/mol. The third-order valence-electron chi connectivity index (χ3n) is 6.16. The Morgan fingerprint density at radius 3 is 2.76 bits per heavy atom. The van der Waals surface area contributed by atoms with Gasteiger partial charge in [-0.1, -0.05) is 18.2 Å². The van der Waals surface area contributed by atoms with Crippen molar-refractivity contribution in [3.8, 4) is 11.1 Å². The van der Waals surface area contributed by atoms with Crippen LogP contribution >= 0.6 is 0 Å². The number of aromatic nitrogens is 3. The first-order valence-electron chi connectivity index (χ1n) is 12.1. The molecule has 3 heterocycles. The van der Waals surface area contributed by atoms with Crippen molar-refractivity contribution in [2.24, 2.45) is 6.98 Å². The highest BCUT2D eigenvalue weighted by Gasteiger charge is 2.29. The maximum Gasteiger partial charge on any atom is 0.256 e. The number of aliphatic hydroxyl groups is 1. The molecule has 1 N–H and O–H groups in total. The Morgan fingerprint density at radius 1 is 1.24 bits per heavy atom. The van der Waals surface area contributed by atoms with E-state index in [0.29, 0.717) is 56.5 Å². The van der Waals surface area contributed by atoms with Gasteiger partial charge >= 0.3 is 0 Å². The minimum absolute atomic E-state index is 0.108. The van der Waals surface area contributed by atoms with Gasteiger partial charge in [0.15, 0.2) is 0 Å². The molecule has 0 saturated heterocycles. The highest BCUT2D eigenvalue weighted by atomic mass is 19.1. The second kappa shape index (κ2) is 7.49. The molecule has 0 saturated carbocycles. The first-order valence-corrected chi connectivity index (χ1v) is 10.6. The van der Waals surface area contributed by atoms with Gasteiger partial charge in [-0.15, -0.1) is 0 Å². The second-order valence-corrected chi connectivity index (χ2v) is 8.97. The highest BCUT2D eigenvalue weighted by Crippen LogP contribution is 2.36. The van der Waals surface area contributed by atoms with E-state index in [1.807, 2.05) is 6.07 Å². The van der Waals surface area contributed by atoms with Crippen LogP contribution in [0.15, 0.2) is 48.8 Å². The molecule has 4 aromatic rings. The number of carbonyl (C=O) groups is 1. The predicted octanol–water partition coefficient (Wildman–Crippen LogP) is 4.47. The molecule has 0 aliphatic carbocycles. The normalized spacial score (nSPS) is 15.5. The summed E-state index contributed by atoms with van der Waals surface area (Å²) in [7, 11) is 0. The van der Waals surface area contributed by atoms with Crippen molar-refractivity contribution < 1.29 is 18.4 Å². The van der Waals surface area contributed by atoms with E-state index < -0.39 is 18.4 Å². The zero-order valence-corrected chi connectivity index (χ0v) is 18.6.